The zero-order valence-corrected chi connectivity index (χ0v) is 15.6. The molecule has 2 aromatic carbocycles. The molecule has 4 nitrogen and oxygen atoms in total. The van der Waals surface area contributed by atoms with Gasteiger partial charge in [0.15, 0.2) is 0 Å². The molecule has 2 aromatic rings. The number of carbonyl (C=O) groups excluding carboxylic acids is 2. The molecule has 0 aromatic heterocycles. The third kappa shape index (κ3) is 5.61. The van der Waals surface area contributed by atoms with Crippen LogP contribution in [0.3, 0.4) is 0 Å². The number of alkyl halides is 3. The minimum Gasteiger partial charge on any atom is -0.330 e. The maximum absolute atomic E-state index is 13.0. The van der Waals surface area contributed by atoms with E-state index in [2.05, 4.69) is 5.32 Å². The van der Waals surface area contributed by atoms with Crippen molar-refractivity contribution in [2.24, 2.45) is 0 Å². The number of benzene rings is 2. The molecule has 0 bridgehead atoms. The normalized spacial score (nSPS) is 11.2. The van der Waals surface area contributed by atoms with Gasteiger partial charge in [-0.2, -0.15) is 13.2 Å². The molecule has 27 heavy (non-hydrogen) atoms. The van der Waals surface area contributed by atoms with E-state index in [4.69, 9.17) is 23.2 Å². The lowest BCUT2D eigenvalue weighted by Gasteiger charge is -2.21. The van der Waals surface area contributed by atoms with Crippen LogP contribution >= 0.6 is 23.2 Å². The summed E-state index contributed by atoms with van der Waals surface area (Å²) >= 11 is 11.7. The van der Waals surface area contributed by atoms with Crippen LogP contribution in [-0.2, 0) is 11.0 Å². The SMILES string of the molecule is CCN(CC(=O)Nc1ccccc1C(F)(F)F)C(=O)c1cc(Cl)cc(Cl)c1. The van der Waals surface area contributed by atoms with Crippen LogP contribution in [0.5, 0.6) is 0 Å². The van der Waals surface area contributed by atoms with E-state index in [0.29, 0.717) is 0 Å². The van der Waals surface area contributed by atoms with Gasteiger partial charge in [-0.1, -0.05) is 35.3 Å². The summed E-state index contributed by atoms with van der Waals surface area (Å²) in [6.45, 7) is 1.38. The summed E-state index contributed by atoms with van der Waals surface area (Å²) in [5.41, 5.74) is -1.16. The first-order valence-electron chi connectivity index (χ1n) is 7.83. The summed E-state index contributed by atoms with van der Waals surface area (Å²) < 4.78 is 39.0. The quantitative estimate of drug-likeness (QED) is 0.732. The lowest BCUT2D eigenvalue weighted by Crippen LogP contribution is -2.38. The van der Waals surface area contributed by atoms with Crippen LogP contribution in [0, 0.1) is 0 Å². The van der Waals surface area contributed by atoms with Gasteiger partial charge in [0, 0.05) is 22.2 Å². The predicted octanol–water partition coefficient (Wildman–Crippen LogP) is 5.11. The number of likely N-dealkylation sites (N-methyl/N-ethyl adjacent to an activating group) is 1. The van der Waals surface area contributed by atoms with Gasteiger partial charge in [0.2, 0.25) is 5.91 Å². The highest BCUT2D eigenvalue weighted by atomic mass is 35.5. The zero-order chi connectivity index (χ0) is 20.2. The molecule has 1 N–H and O–H groups in total. The minimum atomic E-state index is -4.61. The van der Waals surface area contributed by atoms with Crippen molar-refractivity contribution in [2.45, 2.75) is 13.1 Å². The molecule has 2 amide bonds. The van der Waals surface area contributed by atoms with Gasteiger partial charge in [0.05, 0.1) is 11.3 Å². The number of carbonyl (C=O) groups is 2. The van der Waals surface area contributed by atoms with Gasteiger partial charge >= 0.3 is 6.18 Å². The molecule has 0 radical (unpaired) electrons. The standard InChI is InChI=1S/C18H15Cl2F3N2O2/c1-2-25(17(27)11-7-12(19)9-13(20)8-11)10-16(26)24-15-6-4-3-5-14(15)18(21,22)23/h3-9H,2,10H2,1H3,(H,24,26). The van der Waals surface area contributed by atoms with Crippen molar-refractivity contribution < 1.29 is 22.8 Å². The van der Waals surface area contributed by atoms with Gasteiger partial charge in [-0.05, 0) is 37.3 Å². The molecule has 0 heterocycles. The topological polar surface area (TPSA) is 49.4 Å². The van der Waals surface area contributed by atoms with E-state index in [1.165, 1.54) is 35.2 Å². The highest BCUT2D eigenvalue weighted by Crippen LogP contribution is 2.34. The second kappa shape index (κ2) is 8.63. The predicted molar refractivity (Wildman–Crippen MR) is 98.1 cm³/mol. The van der Waals surface area contributed by atoms with Gasteiger partial charge in [0.25, 0.3) is 5.91 Å². The number of nitrogens with zero attached hydrogens (tertiary/aromatic N) is 1. The molecule has 0 unspecified atom stereocenters. The van der Waals surface area contributed by atoms with Gasteiger partial charge < -0.3 is 10.2 Å². The molecular formula is C18H15Cl2F3N2O2. The minimum absolute atomic E-state index is 0.164. The molecule has 0 aliphatic carbocycles. The second-order valence-corrected chi connectivity index (χ2v) is 6.44. The fourth-order valence-corrected chi connectivity index (χ4v) is 2.92. The molecule has 0 saturated heterocycles. The maximum Gasteiger partial charge on any atom is 0.418 e. The van der Waals surface area contributed by atoms with Crippen LogP contribution < -0.4 is 5.32 Å². The zero-order valence-electron chi connectivity index (χ0n) is 14.1. The van der Waals surface area contributed by atoms with Crippen molar-refractivity contribution >= 4 is 40.7 Å². The first-order chi connectivity index (χ1) is 12.6. The Morgan fingerprint density at radius 2 is 1.67 bits per heavy atom. The molecule has 0 fully saturated rings. The molecule has 0 atom stereocenters. The van der Waals surface area contributed by atoms with Crippen LogP contribution in [0.4, 0.5) is 18.9 Å². The van der Waals surface area contributed by atoms with E-state index in [0.717, 1.165) is 12.1 Å². The Balaban J connectivity index is 2.15. The highest BCUT2D eigenvalue weighted by molar-refractivity contribution is 6.35. The smallest absolute Gasteiger partial charge is 0.330 e. The number of amides is 2. The highest BCUT2D eigenvalue weighted by Gasteiger charge is 2.33. The summed E-state index contributed by atoms with van der Waals surface area (Å²) in [4.78, 5) is 25.9. The third-order valence-electron chi connectivity index (χ3n) is 3.62. The molecule has 0 saturated carbocycles. The van der Waals surface area contributed by atoms with Crippen LogP contribution in [0.1, 0.15) is 22.8 Å². The molecule has 2 rings (SSSR count). The first kappa shape index (κ1) is 21.1. The van der Waals surface area contributed by atoms with Crippen LogP contribution in [0.2, 0.25) is 10.0 Å². The number of para-hydroxylation sites is 1. The Bertz CT molecular complexity index is 836. The fourth-order valence-electron chi connectivity index (χ4n) is 2.39. The van der Waals surface area contributed by atoms with Crippen molar-refractivity contribution in [1.29, 1.82) is 0 Å². The summed E-state index contributed by atoms with van der Waals surface area (Å²) in [5.74, 6) is -1.27. The third-order valence-corrected chi connectivity index (χ3v) is 4.06. The molecule has 0 aliphatic heterocycles. The Labute approximate surface area is 163 Å². The number of anilines is 1. The lowest BCUT2D eigenvalue weighted by molar-refractivity contribution is -0.137. The molecule has 0 aliphatic rings. The second-order valence-electron chi connectivity index (χ2n) is 5.57. The van der Waals surface area contributed by atoms with E-state index < -0.39 is 30.1 Å². The number of rotatable bonds is 5. The van der Waals surface area contributed by atoms with Gasteiger partial charge in [-0.15, -0.1) is 0 Å². The van der Waals surface area contributed by atoms with Crippen LogP contribution in [-0.4, -0.2) is 29.8 Å². The van der Waals surface area contributed by atoms with Crippen molar-refractivity contribution in [3.8, 4) is 0 Å². The van der Waals surface area contributed by atoms with Crippen LogP contribution in [0.25, 0.3) is 0 Å². The average molecular weight is 419 g/mol. The maximum atomic E-state index is 13.0. The summed E-state index contributed by atoms with van der Waals surface area (Å²) in [7, 11) is 0. The summed E-state index contributed by atoms with van der Waals surface area (Å²) in [6.07, 6.45) is -4.61. The van der Waals surface area contributed by atoms with E-state index in [1.54, 1.807) is 6.92 Å². The Morgan fingerprint density at radius 1 is 1.07 bits per heavy atom. The summed E-state index contributed by atoms with van der Waals surface area (Å²) in [6, 6.07) is 8.87. The number of halogens is 5. The molecule has 9 heteroatoms. The van der Waals surface area contributed by atoms with Crippen molar-refractivity contribution in [2.75, 3.05) is 18.4 Å². The number of hydrogen-bond acceptors (Lipinski definition) is 2. The van der Waals surface area contributed by atoms with E-state index >= 15 is 0 Å². The Hall–Kier alpha value is -2.25. The van der Waals surface area contributed by atoms with Crippen molar-refractivity contribution in [3.63, 3.8) is 0 Å². The fraction of sp³-hybridized carbons (Fsp3) is 0.222. The lowest BCUT2D eigenvalue weighted by atomic mass is 10.1. The Morgan fingerprint density at radius 3 is 2.22 bits per heavy atom. The van der Waals surface area contributed by atoms with Gasteiger partial charge in [0.1, 0.15) is 6.54 Å². The number of hydrogen-bond donors (Lipinski definition) is 1. The molecular weight excluding hydrogens is 404 g/mol. The van der Waals surface area contributed by atoms with Crippen LogP contribution in [0.15, 0.2) is 42.5 Å². The van der Waals surface area contributed by atoms with Crippen molar-refractivity contribution in [1.82, 2.24) is 4.90 Å². The van der Waals surface area contributed by atoms with Gasteiger partial charge in [-0.3, -0.25) is 9.59 Å². The van der Waals surface area contributed by atoms with Crippen molar-refractivity contribution in [3.05, 3.63) is 63.6 Å². The van der Waals surface area contributed by atoms with E-state index in [9.17, 15) is 22.8 Å². The monoisotopic (exact) mass is 418 g/mol. The molecule has 0 spiro atoms. The molecule has 144 valence electrons. The van der Waals surface area contributed by atoms with E-state index in [1.807, 2.05) is 0 Å². The largest absolute Gasteiger partial charge is 0.418 e. The van der Waals surface area contributed by atoms with E-state index in [-0.39, 0.29) is 27.8 Å². The Kier molecular flexibility index (Phi) is 6.73. The number of nitrogens with one attached hydrogen (secondary N) is 1. The summed E-state index contributed by atoms with van der Waals surface area (Å²) in [5, 5.41) is 2.72. The first-order valence-corrected chi connectivity index (χ1v) is 8.59. The average Bonchev–Trinajstić information content (AvgIpc) is 2.57. The van der Waals surface area contributed by atoms with Gasteiger partial charge in [-0.25, -0.2) is 0 Å².